The van der Waals surface area contributed by atoms with Crippen LogP contribution < -0.4 is 15.8 Å². The van der Waals surface area contributed by atoms with Gasteiger partial charge in [0.25, 0.3) is 0 Å². The zero-order chi connectivity index (χ0) is 29.2. The molecule has 214 valence electrons. The number of aromatic nitrogens is 1. The number of pyridine rings is 1. The van der Waals surface area contributed by atoms with Crippen molar-refractivity contribution < 1.29 is 22.7 Å². The Kier molecular flexibility index (Phi) is 12.7. The molecule has 1 aliphatic rings. The Labute approximate surface area is 237 Å². The number of thioether (sulfide) groups is 2. The molecule has 1 aromatic carbocycles. The Bertz CT molecular complexity index is 1180. The zero-order valence-corrected chi connectivity index (χ0v) is 24.9. The Balaban J connectivity index is 0.00000260. The number of carbonyl (C=O) groups is 1. The summed E-state index contributed by atoms with van der Waals surface area (Å²) in [6.07, 6.45) is 3.26. The largest absolute Gasteiger partial charge is 0.573 e. The molecule has 0 fully saturated rings. The number of nitrogens with two attached hydrogens (primary N) is 1. The maximum absolute atomic E-state index is 12.6. The lowest BCUT2D eigenvalue weighted by Gasteiger charge is -2.25. The molecule has 3 rings (SSSR count). The Morgan fingerprint density at radius 2 is 1.90 bits per heavy atom. The van der Waals surface area contributed by atoms with Gasteiger partial charge in [-0.3, -0.25) is 4.79 Å². The molecule has 1 amide bonds. The Hall–Kier alpha value is -2.63. The van der Waals surface area contributed by atoms with Gasteiger partial charge in [-0.2, -0.15) is 0 Å². The molecule has 0 bridgehead atoms. The third-order valence-electron chi connectivity index (χ3n) is 5.47. The second-order valence-corrected chi connectivity index (χ2v) is 10.7. The van der Waals surface area contributed by atoms with Crippen molar-refractivity contribution in [2.75, 3.05) is 31.4 Å². The minimum Gasteiger partial charge on any atom is -0.406 e. The first-order chi connectivity index (χ1) is 18.5. The molecule has 39 heavy (non-hydrogen) atoms. The first-order valence-corrected chi connectivity index (χ1v) is 14.8. The van der Waals surface area contributed by atoms with Gasteiger partial charge in [-0.1, -0.05) is 19.9 Å². The number of hydrogen-bond donors (Lipinski definition) is 2. The monoisotopic (exact) mass is 582 g/mol. The van der Waals surface area contributed by atoms with Gasteiger partial charge in [0, 0.05) is 46.6 Å². The summed E-state index contributed by atoms with van der Waals surface area (Å²) in [7, 11) is 4.04. The van der Waals surface area contributed by atoms with Crippen LogP contribution in [-0.2, 0) is 17.8 Å². The van der Waals surface area contributed by atoms with Crippen LogP contribution in [-0.4, -0.2) is 48.3 Å². The van der Waals surface area contributed by atoms with Gasteiger partial charge >= 0.3 is 6.36 Å². The van der Waals surface area contributed by atoms with Crippen molar-refractivity contribution in [1.82, 2.24) is 9.88 Å². The van der Waals surface area contributed by atoms with E-state index in [1.54, 1.807) is 11.8 Å². The summed E-state index contributed by atoms with van der Waals surface area (Å²) in [5, 5.41) is 3.50. The van der Waals surface area contributed by atoms with Crippen molar-refractivity contribution in [1.29, 1.82) is 0 Å². The number of halogens is 3. The highest BCUT2D eigenvalue weighted by Gasteiger charge is 2.31. The van der Waals surface area contributed by atoms with E-state index < -0.39 is 12.3 Å². The molecular weight excluding hydrogens is 545 g/mol. The molecule has 0 atom stereocenters. The fourth-order valence-corrected chi connectivity index (χ4v) is 5.78. The van der Waals surface area contributed by atoms with Crippen molar-refractivity contribution in [3.8, 4) is 5.75 Å². The van der Waals surface area contributed by atoms with Crippen molar-refractivity contribution >= 4 is 40.0 Å². The third kappa shape index (κ3) is 10.1. The SMILES string of the molecule is CC.CSc1nc(C)c(CN(C)C)c(C2=CCCCS2)c1C/C(N)=C/C(=O)Nc1ccc(OC(F)(F)F)cc1. The van der Waals surface area contributed by atoms with E-state index in [1.807, 2.05) is 52.9 Å². The van der Waals surface area contributed by atoms with Crippen molar-refractivity contribution in [3.63, 3.8) is 0 Å². The van der Waals surface area contributed by atoms with Crippen molar-refractivity contribution in [2.45, 2.75) is 58.0 Å². The van der Waals surface area contributed by atoms with Crippen LogP contribution in [0.25, 0.3) is 4.91 Å². The molecule has 3 N–H and O–H groups in total. The summed E-state index contributed by atoms with van der Waals surface area (Å²) in [6, 6.07) is 4.92. The standard InChI is InChI=1S/C26H31F3N4O2S2.C2H6/c1-16-21(15-33(2)3)24(22-7-5-6-12-37-22)20(25(31-16)36-4)13-17(30)14-23(34)32-18-8-10-19(11-9-18)35-26(27,28)29;1-2/h7-11,14H,5-6,12-13,15,30H2,1-4H3,(H,32,34);1-2H3/b17-14-;. The minimum absolute atomic E-state index is 0.322. The number of anilines is 1. The van der Waals surface area contributed by atoms with Gasteiger partial charge in [0.2, 0.25) is 5.91 Å². The summed E-state index contributed by atoms with van der Waals surface area (Å²) in [5.74, 6) is 0.199. The van der Waals surface area contributed by atoms with Crippen molar-refractivity contribution in [3.05, 3.63) is 64.5 Å². The van der Waals surface area contributed by atoms with Gasteiger partial charge in [-0.05, 0) is 81.3 Å². The molecule has 1 aliphatic heterocycles. The summed E-state index contributed by atoms with van der Waals surface area (Å²) in [6.45, 7) is 6.75. The average molecular weight is 583 g/mol. The van der Waals surface area contributed by atoms with Gasteiger partial charge in [0.05, 0.1) is 0 Å². The summed E-state index contributed by atoms with van der Waals surface area (Å²) in [5.41, 5.74) is 11.3. The molecule has 0 saturated carbocycles. The molecule has 2 aromatic rings. The van der Waals surface area contributed by atoms with E-state index in [0.29, 0.717) is 17.8 Å². The predicted molar refractivity (Wildman–Crippen MR) is 157 cm³/mol. The van der Waals surface area contributed by atoms with Crippen LogP contribution >= 0.6 is 23.5 Å². The smallest absolute Gasteiger partial charge is 0.406 e. The first-order valence-electron chi connectivity index (χ1n) is 12.6. The molecule has 11 heteroatoms. The number of hydrogen-bond acceptors (Lipinski definition) is 7. The molecule has 2 heterocycles. The number of rotatable bonds is 9. The molecule has 0 radical (unpaired) electrons. The van der Waals surface area contributed by atoms with Crippen LogP contribution in [0.15, 0.2) is 47.1 Å². The fraction of sp³-hybridized carbons (Fsp3) is 0.429. The number of nitrogens with zero attached hydrogens (tertiary/aromatic N) is 2. The molecule has 0 saturated heterocycles. The fourth-order valence-electron chi connectivity index (χ4n) is 3.97. The average Bonchev–Trinajstić information content (AvgIpc) is 2.87. The highest BCUT2D eigenvalue weighted by atomic mass is 32.2. The van der Waals surface area contributed by atoms with Crippen LogP contribution in [0.2, 0.25) is 0 Å². The number of ether oxygens (including phenoxy) is 1. The number of allylic oxidation sites excluding steroid dienone is 2. The van der Waals surface area contributed by atoms with E-state index in [9.17, 15) is 18.0 Å². The van der Waals surface area contributed by atoms with Gasteiger partial charge in [0.15, 0.2) is 0 Å². The number of alkyl halides is 3. The maximum Gasteiger partial charge on any atom is 0.573 e. The van der Waals surface area contributed by atoms with Crippen LogP contribution in [0.1, 0.15) is 49.1 Å². The van der Waals surface area contributed by atoms with Gasteiger partial charge < -0.3 is 20.7 Å². The highest BCUT2D eigenvalue weighted by Crippen LogP contribution is 2.40. The van der Waals surface area contributed by atoms with Gasteiger partial charge in [-0.25, -0.2) is 4.98 Å². The summed E-state index contributed by atoms with van der Waals surface area (Å²) >= 11 is 3.38. The molecule has 0 unspecified atom stereocenters. The number of benzene rings is 1. The minimum atomic E-state index is -4.78. The summed E-state index contributed by atoms with van der Waals surface area (Å²) in [4.78, 5) is 20.8. The van der Waals surface area contributed by atoms with Crippen LogP contribution in [0.5, 0.6) is 5.75 Å². The van der Waals surface area contributed by atoms with E-state index in [-0.39, 0.29) is 5.75 Å². The van der Waals surface area contributed by atoms with Crippen LogP contribution in [0.3, 0.4) is 0 Å². The quantitative estimate of drug-likeness (QED) is 0.244. The van der Waals surface area contributed by atoms with Gasteiger partial charge in [0.1, 0.15) is 10.8 Å². The number of nitrogens with one attached hydrogen (secondary N) is 1. The lowest BCUT2D eigenvalue weighted by molar-refractivity contribution is -0.274. The molecule has 0 spiro atoms. The van der Waals surface area contributed by atoms with Crippen molar-refractivity contribution in [2.24, 2.45) is 5.73 Å². The van der Waals surface area contributed by atoms with E-state index in [1.165, 1.54) is 23.1 Å². The lowest BCUT2D eigenvalue weighted by Crippen LogP contribution is -2.18. The number of amides is 1. The predicted octanol–water partition coefficient (Wildman–Crippen LogP) is 6.99. The summed E-state index contributed by atoms with van der Waals surface area (Å²) < 4.78 is 40.9. The van der Waals surface area contributed by atoms with E-state index in [0.717, 1.165) is 64.7 Å². The van der Waals surface area contributed by atoms with E-state index >= 15 is 0 Å². The Morgan fingerprint density at radius 1 is 1.23 bits per heavy atom. The molecular formula is C28H37F3N4O2S2. The second kappa shape index (κ2) is 15.2. The topological polar surface area (TPSA) is 80.5 Å². The normalized spacial score (nSPS) is 13.9. The zero-order valence-electron chi connectivity index (χ0n) is 23.2. The highest BCUT2D eigenvalue weighted by molar-refractivity contribution is 8.08. The lowest BCUT2D eigenvalue weighted by atomic mass is 9.96. The van der Waals surface area contributed by atoms with E-state index in [2.05, 4.69) is 21.0 Å². The number of carbonyl (C=O) groups excluding carboxylic acids is 1. The Morgan fingerprint density at radius 3 is 2.44 bits per heavy atom. The number of aryl methyl sites for hydroxylation is 1. The molecule has 1 aromatic heterocycles. The maximum atomic E-state index is 12.6. The first kappa shape index (κ1) is 32.6. The van der Waals surface area contributed by atoms with Crippen LogP contribution in [0, 0.1) is 6.92 Å². The van der Waals surface area contributed by atoms with E-state index in [4.69, 9.17) is 10.7 Å². The van der Waals surface area contributed by atoms with Gasteiger partial charge in [-0.15, -0.1) is 36.7 Å². The second-order valence-electron chi connectivity index (χ2n) is 8.79. The third-order valence-corrected chi connectivity index (χ3v) is 7.37. The van der Waals surface area contributed by atoms with Crippen LogP contribution in [0.4, 0.5) is 18.9 Å². The molecule has 0 aliphatic carbocycles. The molecule has 6 nitrogen and oxygen atoms in total.